The van der Waals surface area contributed by atoms with Crippen molar-refractivity contribution < 1.29 is 0 Å². The van der Waals surface area contributed by atoms with Gasteiger partial charge >= 0.3 is 0 Å². The third-order valence-electron chi connectivity index (χ3n) is 3.77. The Labute approximate surface area is 135 Å². The third-order valence-corrected chi connectivity index (χ3v) is 4.59. The van der Waals surface area contributed by atoms with Crippen molar-refractivity contribution >= 4 is 23.2 Å². The summed E-state index contributed by atoms with van der Waals surface area (Å²) in [4.78, 5) is 0. The van der Waals surface area contributed by atoms with Gasteiger partial charge in [0.25, 0.3) is 0 Å². The average Bonchev–Trinajstić information content (AvgIpc) is 2.81. The fourth-order valence-electron chi connectivity index (χ4n) is 2.81. The molecule has 0 saturated heterocycles. The van der Waals surface area contributed by atoms with E-state index >= 15 is 0 Å². The predicted molar refractivity (Wildman–Crippen MR) is 88.1 cm³/mol. The van der Waals surface area contributed by atoms with E-state index < -0.39 is 0 Å². The number of rotatable bonds is 1. The maximum Gasteiger partial charge on any atom is 0.0986 e. The van der Waals surface area contributed by atoms with E-state index in [0.29, 0.717) is 10.0 Å². The van der Waals surface area contributed by atoms with Crippen molar-refractivity contribution in [2.24, 2.45) is 0 Å². The minimum Gasteiger partial charge on any atom is -0.312 e. The molecule has 1 aliphatic heterocycles. The Morgan fingerprint density at radius 2 is 2.00 bits per heavy atom. The van der Waals surface area contributed by atoms with Gasteiger partial charge < -0.3 is 5.32 Å². The van der Waals surface area contributed by atoms with Gasteiger partial charge in [0.1, 0.15) is 0 Å². The van der Waals surface area contributed by atoms with Gasteiger partial charge in [-0.3, -0.25) is 4.68 Å². The summed E-state index contributed by atoms with van der Waals surface area (Å²) < 4.78 is 2.13. The van der Waals surface area contributed by atoms with Crippen molar-refractivity contribution in [3.63, 3.8) is 0 Å². The first-order chi connectivity index (χ1) is 9.89. The minimum atomic E-state index is -0.0509. The second-order valence-electron chi connectivity index (χ2n) is 6.38. The van der Waals surface area contributed by atoms with E-state index in [-0.39, 0.29) is 5.54 Å². The molecule has 0 fully saturated rings. The molecular formula is C16H19Cl2N3. The largest absolute Gasteiger partial charge is 0.312 e. The van der Waals surface area contributed by atoms with E-state index in [1.165, 1.54) is 11.3 Å². The van der Waals surface area contributed by atoms with E-state index in [2.05, 4.69) is 30.8 Å². The van der Waals surface area contributed by atoms with Gasteiger partial charge in [-0.1, -0.05) is 35.3 Å². The molecule has 0 bridgehead atoms. The Bertz CT molecular complexity index is 684. The normalized spacial score (nSPS) is 15.1. The van der Waals surface area contributed by atoms with Crippen LogP contribution >= 0.6 is 23.2 Å². The summed E-state index contributed by atoms with van der Waals surface area (Å²) in [6.07, 6.45) is 0.984. The van der Waals surface area contributed by atoms with Crippen LogP contribution in [0.25, 0.3) is 11.3 Å². The summed E-state index contributed by atoms with van der Waals surface area (Å²) in [6, 6.07) is 5.71. The summed E-state index contributed by atoms with van der Waals surface area (Å²) >= 11 is 12.6. The molecule has 112 valence electrons. The van der Waals surface area contributed by atoms with E-state index in [1.807, 2.05) is 12.1 Å². The molecule has 0 amide bonds. The first-order valence-electron chi connectivity index (χ1n) is 7.16. The highest BCUT2D eigenvalue weighted by Crippen LogP contribution is 2.37. The number of aromatic nitrogens is 2. The summed E-state index contributed by atoms with van der Waals surface area (Å²) in [5.74, 6) is 0. The average molecular weight is 324 g/mol. The van der Waals surface area contributed by atoms with Crippen molar-refractivity contribution in [2.45, 2.75) is 39.3 Å². The molecule has 0 saturated carbocycles. The molecule has 3 rings (SSSR count). The van der Waals surface area contributed by atoms with E-state index in [4.69, 9.17) is 28.3 Å². The molecule has 1 aromatic heterocycles. The molecule has 2 heterocycles. The predicted octanol–water partition coefficient (Wildman–Crippen LogP) is 4.26. The zero-order chi connectivity index (χ0) is 15.2. The lowest BCUT2D eigenvalue weighted by molar-refractivity contribution is 0.340. The number of hydrogen-bond acceptors (Lipinski definition) is 2. The van der Waals surface area contributed by atoms with Gasteiger partial charge in [-0.25, -0.2) is 0 Å². The van der Waals surface area contributed by atoms with E-state index in [1.54, 1.807) is 6.07 Å². The zero-order valence-electron chi connectivity index (χ0n) is 12.5. The number of halogens is 2. The lowest BCUT2D eigenvalue weighted by Gasteiger charge is -2.24. The minimum absolute atomic E-state index is 0.0509. The molecule has 0 atom stereocenters. The molecule has 0 radical (unpaired) electrons. The summed E-state index contributed by atoms with van der Waals surface area (Å²) in [5.41, 5.74) is 4.34. The fourth-order valence-corrected chi connectivity index (χ4v) is 3.20. The highest BCUT2D eigenvalue weighted by atomic mass is 35.5. The Morgan fingerprint density at radius 3 is 2.71 bits per heavy atom. The second kappa shape index (κ2) is 5.31. The van der Waals surface area contributed by atoms with E-state index in [9.17, 15) is 0 Å². The first kappa shape index (κ1) is 14.9. The molecule has 21 heavy (non-hydrogen) atoms. The topological polar surface area (TPSA) is 29.9 Å². The standard InChI is InChI=1S/C16H19Cl2N3/c1-16(2,3)21-13-7-8-19-9-11(13)15(20-21)10-5-4-6-12(17)14(10)18/h4-6,19H,7-9H2,1-3H3. The molecular weight excluding hydrogens is 305 g/mol. The van der Waals surface area contributed by atoms with Crippen molar-refractivity contribution in [1.82, 2.24) is 15.1 Å². The van der Waals surface area contributed by atoms with Crippen LogP contribution < -0.4 is 5.32 Å². The van der Waals surface area contributed by atoms with Crippen molar-refractivity contribution in [3.8, 4) is 11.3 Å². The van der Waals surface area contributed by atoms with Crippen LogP contribution in [0.5, 0.6) is 0 Å². The zero-order valence-corrected chi connectivity index (χ0v) is 14.0. The van der Waals surface area contributed by atoms with Crippen molar-refractivity contribution in [2.75, 3.05) is 6.54 Å². The molecule has 2 aromatic rings. The van der Waals surface area contributed by atoms with Gasteiger partial charge in [-0.2, -0.15) is 5.10 Å². The van der Waals surface area contributed by atoms with Gasteiger partial charge in [0.2, 0.25) is 0 Å². The number of hydrogen-bond donors (Lipinski definition) is 1. The quantitative estimate of drug-likeness (QED) is 0.849. The van der Waals surface area contributed by atoms with Crippen LogP contribution in [0, 0.1) is 0 Å². The summed E-state index contributed by atoms with van der Waals surface area (Å²) in [6.45, 7) is 8.32. The Kier molecular flexibility index (Phi) is 3.76. The first-order valence-corrected chi connectivity index (χ1v) is 7.91. The molecule has 0 unspecified atom stereocenters. The van der Waals surface area contributed by atoms with Crippen LogP contribution in [-0.4, -0.2) is 16.3 Å². The van der Waals surface area contributed by atoms with Gasteiger partial charge in [-0.05, 0) is 26.8 Å². The number of nitrogens with one attached hydrogen (secondary N) is 1. The monoisotopic (exact) mass is 323 g/mol. The van der Waals surface area contributed by atoms with Gasteiger partial charge in [-0.15, -0.1) is 0 Å². The molecule has 1 N–H and O–H groups in total. The molecule has 0 aliphatic carbocycles. The molecule has 1 aromatic carbocycles. The Balaban J connectivity index is 2.24. The summed E-state index contributed by atoms with van der Waals surface area (Å²) in [7, 11) is 0. The highest BCUT2D eigenvalue weighted by molar-refractivity contribution is 6.43. The van der Waals surface area contributed by atoms with Gasteiger partial charge in [0.05, 0.1) is 21.3 Å². The van der Waals surface area contributed by atoms with Gasteiger partial charge in [0, 0.05) is 36.3 Å². The summed E-state index contributed by atoms with van der Waals surface area (Å²) in [5, 5.41) is 9.43. The maximum absolute atomic E-state index is 6.39. The smallest absolute Gasteiger partial charge is 0.0986 e. The molecule has 0 spiro atoms. The van der Waals surface area contributed by atoms with Gasteiger partial charge in [0.15, 0.2) is 0 Å². The van der Waals surface area contributed by atoms with Crippen LogP contribution in [0.3, 0.4) is 0 Å². The number of benzene rings is 1. The molecule has 5 heteroatoms. The van der Waals surface area contributed by atoms with Crippen molar-refractivity contribution in [3.05, 3.63) is 39.5 Å². The lowest BCUT2D eigenvalue weighted by Crippen LogP contribution is -2.30. The van der Waals surface area contributed by atoms with Crippen LogP contribution in [0.15, 0.2) is 18.2 Å². The lowest BCUT2D eigenvalue weighted by atomic mass is 10.0. The number of nitrogens with zero attached hydrogens (tertiary/aromatic N) is 2. The Hall–Kier alpha value is -1.03. The Morgan fingerprint density at radius 1 is 1.24 bits per heavy atom. The highest BCUT2D eigenvalue weighted by Gasteiger charge is 2.27. The van der Waals surface area contributed by atoms with Crippen LogP contribution in [-0.2, 0) is 18.5 Å². The third kappa shape index (κ3) is 2.59. The molecule has 1 aliphatic rings. The SMILES string of the molecule is CC(C)(C)n1nc(-c2cccc(Cl)c2Cl)c2c1CCNC2. The molecule has 3 nitrogen and oxygen atoms in total. The number of fused-ring (bicyclic) bond motifs is 1. The van der Waals surface area contributed by atoms with E-state index in [0.717, 1.165) is 30.8 Å². The van der Waals surface area contributed by atoms with Crippen LogP contribution in [0.4, 0.5) is 0 Å². The fraction of sp³-hybridized carbons (Fsp3) is 0.438. The van der Waals surface area contributed by atoms with Crippen molar-refractivity contribution in [1.29, 1.82) is 0 Å². The van der Waals surface area contributed by atoms with Crippen LogP contribution in [0.1, 0.15) is 32.0 Å². The second-order valence-corrected chi connectivity index (χ2v) is 7.17. The maximum atomic E-state index is 6.39. The van der Waals surface area contributed by atoms with Crippen LogP contribution in [0.2, 0.25) is 10.0 Å².